The van der Waals surface area contributed by atoms with Crippen LogP contribution in [0.3, 0.4) is 0 Å². The van der Waals surface area contributed by atoms with Gasteiger partial charge in [0, 0.05) is 29.7 Å². The molecule has 1 aliphatic carbocycles. The second-order valence-electron chi connectivity index (χ2n) is 6.89. The molecule has 0 atom stereocenters. The van der Waals surface area contributed by atoms with E-state index < -0.39 is 0 Å². The van der Waals surface area contributed by atoms with Gasteiger partial charge in [0.1, 0.15) is 0 Å². The lowest BCUT2D eigenvalue weighted by Crippen LogP contribution is -2.17. The molecule has 1 aromatic carbocycles. The van der Waals surface area contributed by atoms with E-state index in [1.165, 1.54) is 0 Å². The van der Waals surface area contributed by atoms with Crippen LogP contribution in [0.1, 0.15) is 27.7 Å². The van der Waals surface area contributed by atoms with E-state index in [0.717, 1.165) is 11.4 Å². The number of imidazole rings is 1. The molecule has 0 aliphatic heterocycles. The molecule has 1 amide bonds. The molecule has 0 unspecified atom stereocenters. The maximum atomic E-state index is 12.5. The zero-order valence-electron chi connectivity index (χ0n) is 12.9. The van der Waals surface area contributed by atoms with Crippen LogP contribution in [0, 0.1) is 16.7 Å². The number of anilines is 1. The summed E-state index contributed by atoms with van der Waals surface area (Å²) in [6.07, 6.45) is 5.36. The van der Waals surface area contributed by atoms with Crippen molar-refractivity contribution in [2.24, 2.45) is 16.7 Å². The number of benzene rings is 1. The molecule has 0 radical (unpaired) electrons. The van der Waals surface area contributed by atoms with Crippen LogP contribution in [0.15, 0.2) is 43.0 Å². The summed E-state index contributed by atoms with van der Waals surface area (Å²) < 4.78 is 1.92. The number of hydrogen-bond donors (Lipinski definition) is 1. The standard InChI is InChI=1S/C17H21N3O/c1-16(2)14(17(16,3)4)15(21)19-12-6-5-7-13(10-12)20-9-8-18-11-20/h5-11,14H,1-4H3,(H,19,21). The van der Waals surface area contributed by atoms with Crippen LogP contribution in [0.2, 0.25) is 0 Å². The monoisotopic (exact) mass is 283 g/mol. The highest BCUT2D eigenvalue weighted by Crippen LogP contribution is 2.68. The van der Waals surface area contributed by atoms with E-state index >= 15 is 0 Å². The topological polar surface area (TPSA) is 46.9 Å². The van der Waals surface area contributed by atoms with Crippen molar-refractivity contribution in [3.8, 4) is 5.69 Å². The van der Waals surface area contributed by atoms with Gasteiger partial charge < -0.3 is 9.88 Å². The van der Waals surface area contributed by atoms with Gasteiger partial charge in [-0.15, -0.1) is 0 Å². The lowest BCUT2D eigenvalue weighted by atomic mass is 10.0. The van der Waals surface area contributed by atoms with Gasteiger partial charge in [-0.3, -0.25) is 4.79 Å². The third-order valence-electron chi connectivity index (χ3n) is 5.20. The van der Waals surface area contributed by atoms with Gasteiger partial charge in [-0.1, -0.05) is 33.8 Å². The Morgan fingerprint density at radius 2 is 1.95 bits per heavy atom. The van der Waals surface area contributed by atoms with Gasteiger partial charge in [0.2, 0.25) is 5.91 Å². The number of carbonyl (C=O) groups excluding carboxylic acids is 1. The van der Waals surface area contributed by atoms with Crippen molar-refractivity contribution >= 4 is 11.6 Å². The lowest BCUT2D eigenvalue weighted by Gasteiger charge is -2.09. The Morgan fingerprint density at radius 3 is 2.52 bits per heavy atom. The van der Waals surface area contributed by atoms with Crippen molar-refractivity contribution in [3.63, 3.8) is 0 Å². The average Bonchev–Trinajstić information content (AvgIpc) is 2.79. The first kappa shape index (κ1) is 13.9. The number of nitrogens with one attached hydrogen (secondary N) is 1. The molecule has 4 nitrogen and oxygen atoms in total. The van der Waals surface area contributed by atoms with Crippen LogP contribution in [0.5, 0.6) is 0 Å². The van der Waals surface area contributed by atoms with E-state index in [2.05, 4.69) is 38.0 Å². The smallest absolute Gasteiger partial charge is 0.228 e. The van der Waals surface area contributed by atoms with E-state index in [-0.39, 0.29) is 22.7 Å². The third-order valence-corrected chi connectivity index (χ3v) is 5.20. The molecule has 110 valence electrons. The van der Waals surface area contributed by atoms with Crippen LogP contribution >= 0.6 is 0 Å². The maximum absolute atomic E-state index is 12.5. The predicted octanol–water partition coefficient (Wildman–Crippen LogP) is 3.49. The minimum absolute atomic E-state index is 0.0546. The zero-order chi connectivity index (χ0) is 15.3. The lowest BCUT2D eigenvalue weighted by molar-refractivity contribution is -0.118. The molecule has 1 N–H and O–H groups in total. The second kappa shape index (κ2) is 4.45. The number of hydrogen-bond acceptors (Lipinski definition) is 2. The van der Waals surface area contributed by atoms with E-state index in [9.17, 15) is 4.79 Å². The van der Waals surface area contributed by atoms with Crippen molar-refractivity contribution in [3.05, 3.63) is 43.0 Å². The first-order valence-corrected chi connectivity index (χ1v) is 7.23. The predicted molar refractivity (Wildman–Crippen MR) is 83.2 cm³/mol. The second-order valence-corrected chi connectivity index (χ2v) is 6.89. The van der Waals surface area contributed by atoms with Crippen molar-refractivity contribution in [2.75, 3.05) is 5.32 Å². The Kier molecular flexibility index (Phi) is 2.94. The molecule has 0 saturated heterocycles. The molecule has 2 aromatic rings. The molecule has 1 aromatic heterocycles. The Labute approximate surface area is 125 Å². The molecular weight excluding hydrogens is 262 g/mol. The fourth-order valence-corrected chi connectivity index (χ4v) is 3.22. The fraction of sp³-hybridized carbons (Fsp3) is 0.412. The Morgan fingerprint density at radius 1 is 1.24 bits per heavy atom. The van der Waals surface area contributed by atoms with Gasteiger partial charge in [0.15, 0.2) is 0 Å². The Balaban J connectivity index is 1.78. The van der Waals surface area contributed by atoms with Gasteiger partial charge >= 0.3 is 0 Å². The van der Waals surface area contributed by atoms with Gasteiger partial charge in [-0.2, -0.15) is 0 Å². The van der Waals surface area contributed by atoms with Gasteiger partial charge in [-0.25, -0.2) is 4.98 Å². The summed E-state index contributed by atoms with van der Waals surface area (Å²) >= 11 is 0. The van der Waals surface area contributed by atoms with E-state index in [0.29, 0.717) is 0 Å². The highest BCUT2D eigenvalue weighted by molar-refractivity contribution is 5.96. The SMILES string of the molecule is CC1(C)C(C(=O)Nc2cccc(-n3ccnc3)c2)C1(C)C. The number of aromatic nitrogens is 2. The molecule has 21 heavy (non-hydrogen) atoms. The van der Waals surface area contributed by atoms with E-state index in [4.69, 9.17) is 0 Å². The van der Waals surface area contributed by atoms with Crippen molar-refractivity contribution in [2.45, 2.75) is 27.7 Å². The molecule has 1 saturated carbocycles. The van der Waals surface area contributed by atoms with E-state index in [1.54, 1.807) is 12.5 Å². The Bertz CT molecular complexity index is 657. The average molecular weight is 283 g/mol. The molecule has 1 heterocycles. The highest BCUT2D eigenvalue weighted by Gasteiger charge is 2.68. The first-order valence-electron chi connectivity index (χ1n) is 7.23. The minimum atomic E-state index is 0.0546. The normalized spacial score (nSPS) is 19.2. The summed E-state index contributed by atoms with van der Waals surface area (Å²) in [5.41, 5.74) is 1.92. The number of carbonyl (C=O) groups is 1. The zero-order valence-corrected chi connectivity index (χ0v) is 12.9. The number of nitrogens with zero attached hydrogens (tertiary/aromatic N) is 2. The summed E-state index contributed by atoms with van der Waals surface area (Å²) in [5.74, 6) is 0.162. The fourth-order valence-electron chi connectivity index (χ4n) is 3.22. The molecule has 3 rings (SSSR count). The molecular formula is C17H21N3O. The largest absolute Gasteiger partial charge is 0.326 e. The molecule has 0 spiro atoms. The summed E-state index contributed by atoms with van der Waals surface area (Å²) in [4.78, 5) is 16.5. The summed E-state index contributed by atoms with van der Waals surface area (Å²) in [5, 5.41) is 3.04. The van der Waals surface area contributed by atoms with Crippen molar-refractivity contribution < 1.29 is 4.79 Å². The third kappa shape index (κ3) is 2.15. The number of rotatable bonds is 3. The van der Waals surface area contributed by atoms with Crippen LogP contribution in [0.25, 0.3) is 5.69 Å². The summed E-state index contributed by atoms with van der Waals surface area (Å²) in [6, 6.07) is 7.80. The first-order chi connectivity index (χ1) is 9.84. The van der Waals surface area contributed by atoms with Gasteiger partial charge in [0.05, 0.1) is 6.33 Å². The highest BCUT2D eigenvalue weighted by atomic mass is 16.2. The molecule has 0 bridgehead atoms. The summed E-state index contributed by atoms with van der Waals surface area (Å²) in [6.45, 7) is 8.61. The molecule has 1 fully saturated rings. The van der Waals surface area contributed by atoms with Crippen LogP contribution in [0.4, 0.5) is 5.69 Å². The van der Waals surface area contributed by atoms with Crippen LogP contribution < -0.4 is 5.32 Å². The molecule has 1 aliphatic rings. The summed E-state index contributed by atoms with van der Waals surface area (Å²) in [7, 11) is 0. The quantitative estimate of drug-likeness (QED) is 0.937. The van der Waals surface area contributed by atoms with Crippen molar-refractivity contribution in [1.29, 1.82) is 0 Å². The molecule has 4 heteroatoms. The van der Waals surface area contributed by atoms with Gasteiger partial charge in [0.25, 0.3) is 0 Å². The maximum Gasteiger partial charge on any atom is 0.228 e. The van der Waals surface area contributed by atoms with E-state index in [1.807, 2.05) is 35.0 Å². The minimum Gasteiger partial charge on any atom is -0.326 e. The van der Waals surface area contributed by atoms with Crippen molar-refractivity contribution in [1.82, 2.24) is 9.55 Å². The number of amides is 1. The van der Waals surface area contributed by atoms with Gasteiger partial charge in [-0.05, 0) is 29.0 Å². The van der Waals surface area contributed by atoms with Crippen LogP contribution in [-0.4, -0.2) is 15.5 Å². The van der Waals surface area contributed by atoms with Crippen LogP contribution in [-0.2, 0) is 4.79 Å². The Hall–Kier alpha value is -2.10.